The van der Waals surface area contributed by atoms with Gasteiger partial charge in [-0.25, -0.2) is 9.13 Å². The van der Waals surface area contributed by atoms with Crippen LogP contribution < -0.4 is 0 Å². The van der Waals surface area contributed by atoms with Crippen molar-refractivity contribution in [2.45, 2.75) is 236 Å². The lowest BCUT2D eigenvalue weighted by Crippen LogP contribution is -2.64. The molecule has 0 aromatic heterocycles. The van der Waals surface area contributed by atoms with Gasteiger partial charge in [-0.15, -0.1) is 0 Å². The minimum absolute atomic E-state index is 0.0340. The molecule has 0 radical (unpaired) electrons. The number of hydrogen-bond acceptors (Lipinski definition) is 15. The molecule has 0 aromatic rings. The van der Waals surface area contributed by atoms with Crippen molar-refractivity contribution >= 4 is 44.5 Å². The fraction of sp³-hybridized carbons (Fsp3) is 0.930. The predicted molar refractivity (Wildman–Crippen MR) is 241 cm³/mol. The SMILES string of the molecule is CCCCCCCCCCCCCCCC(=O)O[C@@H](COP(=O)(O)OC1C(O)[C@H](O)C(OP(=O)(O)O)[C@H](O)[C@@H]1O)CC(=O)OCCCCCCCCCCCCCSC(=O)CCC. The molecule has 1 saturated carbocycles. The molecule has 8 atom stereocenters. The molecule has 17 nitrogen and oxygen atoms in total. The minimum atomic E-state index is -5.31. The van der Waals surface area contributed by atoms with Crippen LogP contribution >= 0.6 is 27.4 Å². The van der Waals surface area contributed by atoms with Crippen molar-refractivity contribution in [2.24, 2.45) is 0 Å². The largest absolute Gasteiger partial charge is 0.472 e. The topological polar surface area (TPSA) is 273 Å². The Bertz CT molecular complexity index is 1290. The second-order valence-corrected chi connectivity index (χ2v) is 20.5. The van der Waals surface area contributed by atoms with Gasteiger partial charge in [0, 0.05) is 18.6 Å². The van der Waals surface area contributed by atoms with Gasteiger partial charge < -0.3 is 44.6 Å². The second kappa shape index (κ2) is 36.1. The van der Waals surface area contributed by atoms with E-state index in [4.69, 9.17) is 28.3 Å². The van der Waals surface area contributed by atoms with Crippen LogP contribution in [0, 0.1) is 0 Å². The number of aliphatic hydroxyl groups excluding tert-OH is 4. The molecule has 0 amide bonds. The van der Waals surface area contributed by atoms with Crippen molar-refractivity contribution in [3.8, 4) is 0 Å². The van der Waals surface area contributed by atoms with Crippen LogP contribution in [0.2, 0.25) is 0 Å². The summed E-state index contributed by atoms with van der Waals surface area (Å²) in [6, 6.07) is 0. The maximum Gasteiger partial charge on any atom is 0.472 e. The number of carbonyl (C=O) groups excluding carboxylic acids is 3. The van der Waals surface area contributed by atoms with Crippen LogP contribution in [0.15, 0.2) is 0 Å². The van der Waals surface area contributed by atoms with Crippen molar-refractivity contribution in [3.63, 3.8) is 0 Å². The Morgan fingerprint density at radius 3 is 1.43 bits per heavy atom. The van der Waals surface area contributed by atoms with E-state index in [1.54, 1.807) is 0 Å². The Balaban J connectivity index is 2.54. The molecule has 4 unspecified atom stereocenters. The van der Waals surface area contributed by atoms with E-state index in [9.17, 15) is 48.8 Å². The summed E-state index contributed by atoms with van der Waals surface area (Å²) in [5, 5.41) is 41.7. The molecule has 0 heterocycles. The fourth-order valence-corrected chi connectivity index (χ4v) is 9.77. The first-order valence-electron chi connectivity index (χ1n) is 23.6. The highest BCUT2D eigenvalue weighted by Crippen LogP contribution is 2.48. The quantitative estimate of drug-likeness (QED) is 0.0174. The lowest BCUT2D eigenvalue weighted by atomic mass is 9.85. The molecule has 1 rings (SSSR count). The number of rotatable bonds is 40. The number of thioether (sulfide) groups is 1. The third kappa shape index (κ3) is 30.8. The summed E-state index contributed by atoms with van der Waals surface area (Å²) in [4.78, 5) is 65.8. The van der Waals surface area contributed by atoms with Crippen molar-refractivity contribution < 1.29 is 81.7 Å². The average Bonchev–Trinajstić information content (AvgIpc) is 3.22. The normalized spacial score (nSPS) is 21.8. The summed E-state index contributed by atoms with van der Waals surface area (Å²) in [5.41, 5.74) is 0. The van der Waals surface area contributed by atoms with Crippen LogP contribution in [0.4, 0.5) is 0 Å². The van der Waals surface area contributed by atoms with Gasteiger partial charge in [0.2, 0.25) is 0 Å². The highest BCUT2D eigenvalue weighted by atomic mass is 32.2. The van der Waals surface area contributed by atoms with Crippen LogP contribution in [0.25, 0.3) is 0 Å². The molecule has 372 valence electrons. The van der Waals surface area contributed by atoms with Gasteiger partial charge in [0.25, 0.3) is 0 Å². The number of esters is 2. The molecule has 0 aromatic carbocycles. The molecule has 7 N–H and O–H groups in total. The van der Waals surface area contributed by atoms with Crippen LogP contribution in [0.3, 0.4) is 0 Å². The van der Waals surface area contributed by atoms with E-state index in [-0.39, 0.29) is 18.1 Å². The van der Waals surface area contributed by atoms with Crippen LogP contribution in [-0.4, -0.2) is 114 Å². The summed E-state index contributed by atoms with van der Waals surface area (Å²) in [5.74, 6) is -0.494. The Morgan fingerprint density at radius 1 is 0.540 bits per heavy atom. The van der Waals surface area contributed by atoms with Gasteiger partial charge in [-0.05, 0) is 25.7 Å². The van der Waals surface area contributed by atoms with E-state index in [0.717, 1.165) is 82.8 Å². The van der Waals surface area contributed by atoms with Gasteiger partial charge in [-0.3, -0.25) is 28.0 Å². The maximum atomic E-state index is 12.9. The first kappa shape index (κ1) is 60.0. The van der Waals surface area contributed by atoms with Gasteiger partial charge in [0.05, 0.1) is 19.6 Å². The van der Waals surface area contributed by atoms with E-state index in [2.05, 4.69) is 11.4 Å². The maximum absolute atomic E-state index is 12.9. The highest BCUT2D eigenvalue weighted by molar-refractivity contribution is 8.13. The zero-order valence-corrected chi connectivity index (χ0v) is 40.6. The van der Waals surface area contributed by atoms with Gasteiger partial charge in [-0.2, -0.15) is 0 Å². The predicted octanol–water partition coefficient (Wildman–Crippen LogP) is 8.10. The lowest BCUT2D eigenvalue weighted by Gasteiger charge is -2.43. The number of carbonyl (C=O) groups is 3. The molecule has 0 aliphatic heterocycles. The second-order valence-electron chi connectivity index (χ2n) is 16.7. The summed E-state index contributed by atoms with van der Waals surface area (Å²) in [6.07, 6.45) is 12.3. The molecule has 1 fully saturated rings. The monoisotopic (exact) mass is 964 g/mol. The Kier molecular flexibility index (Phi) is 34.4. The average molecular weight is 965 g/mol. The number of ether oxygens (including phenoxy) is 2. The molecule has 0 bridgehead atoms. The molecular formula is C43H82O17P2S. The summed E-state index contributed by atoms with van der Waals surface area (Å²) >= 11 is 1.45. The standard InChI is InChI=1S/C43H82O17P2S/c1-3-5-6-7-8-9-10-11-13-16-19-22-25-29-35(44)58-34(33-57-62(54,55)60-43-40(49)38(47)42(39(48)41(43)50)59-61(51,52)53)32-36(45)56-30-26-23-20-17-14-12-15-18-21-24-27-31-63-37(46)28-4-2/h34,38-43,47-50H,3-33H2,1-2H3,(H,54,55)(H2,51,52,53)/t34-,38-,39+,40+,41?,42?,43?/m1/s1. The number of phosphoric acid groups is 2. The Hall–Kier alpha value is -0.980. The molecule has 1 aliphatic rings. The number of hydrogen-bond donors (Lipinski definition) is 7. The third-order valence-electron chi connectivity index (χ3n) is 10.9. The summed E-state index contributed by atoms with van der Waals surface area (Å²) in [6.45, 7) is 3.50. The van der Waals surface area contributed by atoms with Crippen molar-refractivity contribution in [1.82, 2.24) is 0 Å². The van der Waals surface area contributed by atoms with Gasteiger partial charge in [0.1, 0.15) is 42.7 Å². The molecule has 63 heavy (non-hydrogen) atoms. The van der Waals surface area contributed by atoms with E-state index in [1.165, 1.54) is 82.4 Å². The van der Waals surface area contributed by atoms with Gasteiger partial charge >= 0.3 is 27.6 Å². The lowest BCUT2D eigenvalue weighted by molar-refractivity contribution is -0.216. The van der Waals surface area contributed by atoms with Crippen molar-refractivity contribution in [1.29, 1.82) is 0 Å². The first-order chi connectivity index (χ1) is 30.0. The highest BCUT2D eigenvalue weighted by Gasteiger charge is 2.54. The zero-order valence-electron chi connectivity index (χ0n) is 38.0. The number of phosphoric ester groups is 2. The van der Waals surface area contributed by atoms with Crippen LogP contribution in [0.5, 0.6) is 0 Å². The molecule has 0 spiro atoms. The van der Waals surface area contributed by atoms with Gasteiger partial charge in [0.15, 0.2) is 5.12 Å². The minimum Gasteiger partial charge on any atom is -0.466 e. The van der Waals surface area contributed by atoms with Crippen LogP contribution in [-0.2, 0) is 46.6 Å². The fourth-order valence-electron chi connectivity index (χ4n) is 7.31. The zero-order chi connectivity index (χ0) is 46.9. The van der Waals surface area contributed by atoms with Gasteiger partial charge in [-0.1, -0.05) is 160 Å². The third-order valence-corrected chi connectivity index (χ3v) is 13.5. The molecule has 0 saturated heterocycles. The summed E-state index contributed by atoms with van der Waals surface area (Å²) < 4.78 is 49.1. The van der Waals surface area contributed by atoms with Crippen molar-refractivity contribution in [2.75, 3.05) is 19.0 Å². The number of unbranched alkanes of at least 4 members (excludes halogenated alkanes) is 22. The summed E-state index contributed by atoms with van der Waals surface area (Å²) in [7, 11) is -10.6. The molecule has 20 heteroatoms. The van der Waals surface area contributed by atoms with E-state index >= 15 is 0 Å². The van der Waals surface area contributed by atoms with E-state index < -0.39 is 83.3 Å². The molecule has 1 aliphatic carbocycles. The Morgan fingerprint density at radius 2 is 0.968 bits per heavy atom. The molecular weight excluding hydrogens is 882 g/mol. The number of aliphatic hydroxyl groups is 4. The first-order valence-corrected chi connectivity index (χ1v) is 27.6. The van der Waals surface area contributed by atoms with Crippen LogP contribution in [0.1, 0.15) is 194 Å². The van der Waals surface area contributed by atoms with Crippen molar-refractivity contribution in [3.05, 3.63) is 0 Å². The Labute approximate surface area is 380 Å². The van der Waals surface area contributed by atoms with E-state index in [0.29, 0.717) is 19.3 Å². The van der Waals surface area contributed by atoms with E-state index in [1.807, 2.05) is 6.92 Å². The smallest absolute Gasteiger partial charge is 0.466 e.